The van der Waals surface area contributed by atoms with Crippen LogP contribution in [0.1, 0.15) is 22.3 Å². The van der Waals surface area contributed by atoms with E-state index in [1.807, 2.05) is 37.1 Å². The first kappa shape index (κ1) is 14.7. The number of hydrogen-bond acceptors (Lipinski definition) is 4. The van der Waals surface area contributed by atoms with Crippen LogP contribution in [0.25, 0.3) is 5.69 Å². The van der Waals surface area contributed by atoms with Crippen molar-refractivity contribution in [2.24, 2.45) is 5.92 Å². The highest BCUT2D eigenvalue weighted by molar-refractivity contribution is 5.94. The number of aryl methyl sites for hydroxylation is 1. The number of nitrogens with one attached hydrogen (secondary N) is 1. The van der Waals surface area contributed by atoms with Crippen LogP contribution in [-0.4, -0.2) is 52.3 Å². The van der Waals surface area contributed by atoms with Gasteiger partial charge < -0.3 is 10.2 Å². The molecule has 1 aromatic heterocycles. The van der Waals surface area contributed by atoms with Gasteiger partial charge in [0.25, 0.3) is 5.91 Å². The molecule has 3 rings (SSSR count). The zero-order valence-corrected chi connectivity index (χ0v) is 13.0. The average Bonchev–Trinajstić information content (AvgIpc) is 3.18. The zero-order chi connectivity index (χ0) is 15.5. The van der Waals surface area contributed by atoms with Crippen LogP contribution in [0, 0.1) is 12.8 Å². The van der Waals surface area contributed by atoms with Gasteiger partial charge in [0.1, 0.15) is 12.7 Å². The van der Waals surface area contributed by atoms with E-state index in [-0.39, 0.29) is 5.91 Å². The fourth-order valence-corrected chi connectivity index (χ4v) is 3.03. The number of hydrogen-bond donors (Lipinski definition) is 1. The molecule has 2 aromatic rings. The third-order valence-corrected chi connectivity index (χ3v) is 4.18. The molecule has 116 valence electrons. The molecule has 0 aliphatic carbocycles. The Morgan fingerprint density at radius 2 is 2.32 bits per heavy atom. The number of likely N-dealkylation sites (tertiary alicyclic amines) is 1. The zero-order valence-electron chi connectivity index (χ0n) is 13.0. The van der Waals surface area contributed by atoms with Crippen LogP contribution in [0.15, 0.2) is 30.9 Å². The number of amides is 1. The molecule has 0 saturated carbocycles. The molecule has 1 aromatic carbocycles. The number of benzene rings is 1. The Labute approximate surface area is 130 Å². The molecule has 1 atom stereocenters. The van der Waals surface area contributed by atoms with E-state index in [4.69, 9.17) is 0 Å². The smallest absolute Gasteiger partial charge is 0.253 e. The quantitative estimate of drug-likeness (QED) is 0.923. The van der Waals surface area contributed by atoms with Crippen molar-refractivity contribution in [3.63, 3.8) is 0 Å². The van der Waals surface area contributed by atoms with Gasteiger partial charge in [0, 0.05) is 18.7 Å². The van der Waals surface area contributed by atoms with Gasteiger partial charge in [-0.25, -0.2) is 9.67 Å². The van der Waals surface area contributed by atoms with Crippen molar-refractivity contribution in [1.29, 1.82) is 0 Å². The molecule has 1 saturated heterocycles. The van der Waals surface area contributed by atoms with Gasteiger partial charge in [-0.3, -0.25) is 4.79 Å². The summed E-state index contributed by atoms with van der Waals surface area (Å²) in [4.78, 5) is 18.5. The Hall–Kier alpha value is -2.21. The number of aromatic nitrogens is 3. The van der Waals surface area contributed by atoms with Crippen molar-refractivity contribution in [2.75, 3.05) is 26.7 Å². The summed E-state index contributed by atoms with van der Waals surface area (Å²) in [6, 6.07) is 5.74. The second-order valence-corrected chi connectivity index (χ2v) is 5.80. The standard InChI is InChI=1S/C16H21N5O/c1-12-7-14(3-4-15(12)21-11-18-10-19-21)16(22)20-6-5-13(9-20)8-17-2/h3-4,7,10-11,13,17H,5-6,8-9H2,1-2H3/t13-/m0/s1. The van der Waals surface area contributed by atoms with Crippen molar-refractivity contribution >= 4 is 5.91 Å². The molecule has 6 heteroatoms. The van der Waals surface area contributed by atoms with Crippen LogP contribution >= 0.6 is 0 Å². The van der Waals surface area contributed by atoms with E-state index in [0.29, 0.717) is 5.92 Å². The minimum Gasteiger partial charge on any atom is -0.338 e. The van der Waals surface area contributed by atoms with E-state index in [1.54, 1.807) is 11.0 Å². The number of nitrogens with zero attached hydrogens (tertiary/aromatic N) is 4. The average molecular weight is 299 g/mol. The van der Waals surface area contributed by atoms with Crippen LogP contribution < -0.4 is 5.32 Å². The Bertz CT molecular complexity index is 653. The summed E-state index contributed by atoms with van der Waals surface area (Å²) in [5, 5.41) is 7.32. The Morgan fingerprint density at radius 3 is 3.00 bits per heavy atom. The lowest BCUT2D eigenvalue weighted by Gasteiger charge is -2.17. The molecule has 1 aliphatic rings. The number of rotatable bonds is 4. The molecule has 0 unspecified atom stereocenters. The van der Waals surface area contributed by atoms with Crippen molar-refractivity contribution in [1.82, 2.24) is 25.0 Å². The van der Waals surface area contributed by atoms with Crippen molar-refractivity contribution in [2.45, 2.75) is 13.3 Å². The maximum absolute atomic E-state index is 12.6. The molecule has 1 aliphatic heterocycles. The summed E-state index contributed by atoms with van der Waals surface area (Å²) in [6.45, 7) is 4.63. The van der Waals surface area contributed by atoms with Crippen LogP contribution in [0.2, 0.25) is 0 Å². The molecule has 2 heterocycles. The fourth-order valence-electron chi connectivity index (χ4n) is 3.03. The summed E-state index contributed by atoms with van der Waals surface area (Å²) in [5.74, 6) is 0.677. The Kier molecular flexibility index (Phi) is 4.20. The van der Waals surface area contributed by atoms with E-state index in [1.165, 1.54) is 6.33 Å². The lowest BCUT2D eigenvalue weighted by molar-refractivity contribution is 0.0787. The second-order valence-electron chi connectivity index (χ2n) is 5.80. The van der Waals surface area contributed by atoms with Crippen molar-refractivity contribution in [3.8, 4) is 5.69 Å². The Morgan fingerprint density at radius 1 is 1.45 bits per heavy atom. The van der Waals surface area contributed by atoms with E-state index in [9.17, 15) is 4.79 Å². The van der Waals surface area contributed by atoms with E-state index in [0.717, 1.165) is 42.9 Å². The summed E-state index contributed by atoms with van der Waals surface area (Å²) >= 11 is 0. The first-order valence-electron chi connectivity index (χ1n) is 7.58. The predicted octanol–water partition coefficient (Wildman–Crippen LogP) is 1.26. The molecule has 1 fully saturated rings. The second kappa shape index (κ2) is 6.27. The Balaban J connectivity index is 1.75. The predicted molar refractivity (Wildman–Crippen MR) is 84.0 cm³/mol. The molecular formula is C16H21N5O. The van der Waals surface area contributed by atoms with Crippen LogP contribution in [-0.2, 0) is 0 Å². The van der Waals surface area contributed by atoms with Gasteiger partial charge in [-0.2, -0.15) is 5.10 Å². The normalized spacial score (nSPS) is 17.9. The summed E-state index contributed by atoms with van der Waals surface area (Å²) in [7, 11) is 1.96. The van der Waals surface area contributed by atoms with Gasteiger partial charge in [-0.15, -0.1) is 0 Å². The van der Waals surface area contributed by atoms with Crippen molar-refractivity contribution < 1.29 is 4.79 Å². The van der Waals surface area contributed by atoms with E-state index in [2.05, 4.69) is 15.4 Å². The molecule has 6 nitrogen and oxygen atoms in total. The fraction of sp³-hybridized carbons (Fsp3) is 0.438. The molecule has 1 amide bonds. The van der Waals surface area contributed by atoms with Gasteiger partial charge in [0.15, 0.2) is 0 Å². The van der Waals surface area contributed by atoms with Crippen LogP contribution in [0.4, 0.5) is 0 Å². The first-order valence-corrected chi connectivity index (χ1v) is 7.58. The van der Waals surface area contributed by atoms with Crippen LogP contribution in [0.3, 0.4) is 0 Å². The molecule has 0 spiro atoms. The topological polar surface area (TPSA) is 63.1 Å². The molecular weight excluding hydrogens is 278 g/mol. The highest BCUT2D eigenvalue weighted by Gasteiger charge is 2.26. The van der Waals surface area contributed by atoms with Gasteiger partial charge in [-0.05, 0) is 56.6 Å². The minimum atomic E-state index is 0.117. The number of carbonyl (C=O) groups is 1. The van der Waals surface area contributed by atoms with Gasteiger partial charge in [-0.1, -0.05) is 0 Å². The minimum absolute atomic E-state index is 0.117. The van der Waals surface area contributed by atoms with E-state index >= 15 is 0 Å². The SMILES string of the molecule is CNC[C@@H]1CCN(C(=O)c2ccc(-n3cncn3)c(C)c2)C1. The number of carbonyl (C=O) groups excluding carboxylic acids is 1. The molecule has 1 N–H and O–H groups in total. The highest BCUT2D eigenvalue weighted by Crippen LogP contribution is 2.20. The summed E-state index contributed by atoms with van der Waals surface area (Å²) in [5.41, 5.74) is 2.71. The maximum atomic E-state index is 12.6. The monoisotopic (exact) mass is 299 g/mol. The largest absolute Gasteiger partial charge is 0.338 e. The van der Waals surface area contributed by atoms with E-state index < -0.39 is 0 Å². The molecule has 0 bridgehead atoms. The third-order valence-electron chi connectivity index (χ3n) is 4.18. The van der Waals surface area contributed by atoms with Gasteiger partial charge >= 0.3 is 0 Å². The summed E-state index contributed by atoms with van der Waals surface area (Å²) in [6.07, 6.45) is 4.24. The lowest BCUT2D eigenvalue weighted by Crippen LogP contribution is -2.30. The van der Waals surface area contributed by atoms with Crippen LogP contribution in [0.5, 0.6) is 0 Å². The summed E-state index contributed by atoms with van der Waals surface area (Å²) < 4.78 is 1.71. The third kappa shape index (κ3) is 2.87. The van der Waals surface area contributed by atoms with Crippen molar-refractivity contribution in [3.05, 3.63) is 42.0 Å². The van der Waals surface area contributed by atoms with Gasteiger partial charge in [0.2, 0.25) is 0 Å². The maximum Gasteiger partial charge on any atom is 0.253 e. The first-order chi connectivity index (χ1) is 10.7. The molecule has 22 heavy (non-hydrogen) atoms. The highest BCUT2D eigenvalue weighted by atomic mass is 16.2. The van der Waals surface area contributed by atoms with Gasteiger partial charge in [0.05, 0.1) is 5.69 Å². The lowest BCUT2D eigenvalue weighted by atomic mass is 10.1. The molecule has 0 radical (unpaired) electrons.